The molecule has 4 rings (SSSR count). The summed E-state index contributed by atoms with van der Waals surface area (Å²) in [5, 5.41) is 21.0. The van der Waals surface area contributed by atoms with Crippen LogP contribution in [0.4, 0.5) is 23.3 Å². The fourth-order valence-electron chi connectivity index (χ4n) is 2.64. The van der Waals surface area contributed by atoms with Gasteiger partial charge in [0, 0.05) is 12.4 Å². The Bertz CT molecular complexity index is 1170. The molecule has 4 aromatic rings. The summed E-state index contributed by atoms with van der Waals surface area (Å²) in [6.07, 6.45) is 3.64. The number of anilines is 4. The molecule has 0 aliphatic rings. The third-order valence-corrected chi connectivity index (χ3v) is 4.10. The van der Waals surface area contributed by atoms with Crippen LogP contribution in [0.25, 0.3) is 11.4 Å². The van der Waals surface area contributed by atoms with E-state index in [0.717, 1.165) is 34.2 Å². The standard InChI is InChI=1S/C22H20N6.2CHNSe.Fe/c1-15-9-11-19(23-13-15)27-21-7-3-5-17(25-21)18-6-4-8-22(26-18)28-20-12-10-16(2)14-24-20;2*2-1-3;/h3-14H,1-2H3,(H,23,25,27)(H,24,26,28);2*3H;/q;;;+2/p-2. The van der Waals surface area contributed by atoms with Crippen LogP contribution in [0.5, 0.6) is 0 Å². The Hall–Kier alpha value is -3.26. The molecule has 0 aromatic carbocycles. The number of hydrogen-bond donors (Lipinski definition) is 2. The van der Waals surface area contributed by atoms with Crippen LogP contribution in [0, 0.1) is 34.3 Å². The number of nitrogens with zero attached hydrogens (tertiary/aromatic N) is 6. The van der Waals surface area contributed by atoms with Crippen LogP contribution in [0.15, 0.2) is 73.1 Å². The van der Waals surface area contributed by atoms with Crippen LogP contribution in [0.2, 0.25) is 0 Å². The number of hydrogen-bond acceptors (Lipinski definition) is 8. The second kappa shape index (κ2) is 16.4. The molecule has 176 valence electrons. The van der Waals surface area contributed by atoms with Crippen LogP contribution in [0.3, 0.4) is 0 Å². The molecule has 4 heterocycles. The minimum absolute atomic E-state index is 0. The predicted molar refractivity (Wildman–Crippen MR) is 135 cm³/mol. The van der Waals surface area contributed by atoms with Gasteiger partial charge in [-0.3, -0.25) is 0 Å². The van der Waals surface area contributed by atoms with Crippen LogP contribution in [0.1, 0.15) is 11.1 Å². The Morgan fingerprint density at radius 1 is 0.629 bits per heavy atom. The molecule has 0 aliphatic carbocycles. The first-order chi connectivity index (χ1) is 16.5. The quantitative estimate of drug-likeness (QED) is 0.312. The van der Waals surface area contributed by atoms with E-state index in [4.69, 9.17) is 10.5 Å². The van der Waals surface area contributed by atoms with Gasteiger partial charge in [-0.2, -0.15) is 0 Å². The molecular weight excluding hydrogens is 614 g/mol. The first-order valence-electron chi connectivity index (χ1n) is 9.85. The van der Waals surface area contributed by atoms with E-state index in [0.29, 0.717) is 11.6 Å². The van der Waals surface area contributed by atoms with Crippen molar-refractivity contribution in [3.05, 3.63) is 84.2 Å². The maximum Gasteiger partial charge on any atom is 2.00 e. The minimum Gasteiger partial charge on any atom is 2.00 e. The number of aryl methyl sites for hydroxylation is 2. The van der Waals surface area contributed by atoms with E-state index in [9.17, 15) is 0 Å². The molecule has 11 heteroatoms. The van der Waals surface area contributed by atoms with Gasteiger partial charge in [-0.05, 0) is 61.4 Å². The van der Waals surface area contributed by atoms with Crippen LogP contribution in [-0.2, 0) is 17.1 Å². The number of pyridine rings is 4. The molecule has 0 unspecified atom stereocenters. The van der Waals surface area contributed by atoms with Crippen molar-refractivity contribution in [1.82, 2.24) is 19.9 Å². The maximum atomic E-state index is 7.26. The molecule has 0 spiro atoms. The molecule has 0 bridgehead atoms. The van der Waals surface area contributed by atoms with Gasteiger partial charge in [0.2, 0.25) is 0 Å². The Labute approximate surface area is 231 Å². The van der Waals surface area contributed by atoms with E-state index >= 15 is 0 Å². The number of aromatic nitrogens is 4. The van der Waals surface area contributed by atoms with Crippen molar-refractivity contribution in [3.8, 4) is 21.3 Å². The minimum atomic E-state index is 0. The molecule has 35 heavy (non-hydrogen) atoms. The fraction of sp³-hybridized carbons (Fsp3) is 0.0833. The van der Waals surface area contributed by atoms with E-state index in [1.807, 2.05) is 86.9 Å². The van der Waals surface area contributed by atoms with Crippen LogP contribution < -0.4 is 10.6 Å². The molecular formula is C24H20FeN8Se2. The third kappa shape index (κ3) is 10.7. The molecule has 0 radical (unpaired) electrons. The van der Waals surface area contributed by atoms with Crippen molar-refractivity contribution in [2.75, 3.05) is 10.6 Å². The topological polar surface area (TPSA) is 123 Å². The zero-order valence-electron chi connectivity index (χ0n) is 18.8. The Kier molecular flexibility index (Phi) is 13.9. The molecule has 0 saturated carbocycles. The maximum absolute atomic E-state index is 7.26. The van der Waals surface area contributed by atoms with Gasteiger partial charge >= 0.3 is 69.6 Å². The second-order valence-electron chi connectivity index (χ2n) is 6.69. The van der Waals surface area contributed by atoms with E-state index in [1.54, 1.807) is 9.94 Å². The van der Waals surface area contributed by atoms with Crippen molar-refractivity contribution in [2.24, 2.45) is 0 Å². The summed E-state index contributed by atoms with van der Waals surface area (Å²) in [6, 6.07) is 19.5. The molecule has 0 aliphatic heterocycles. The first kappa shape index (κ1) is 29.8. The van der Waals surface area contributed by atoms with E-state index < -0.39 is 0 Å². The molecule has 4 aromatic heterocycles. The monoisotopic (exact) mass is 636 g/mol. The first-order valence-corrected chi connectivity index (χ1v) is 11.6. The summed E-state index contributed by atoms with van der Waals surface area (Å²) in [5.41, 5.74) is 3.78. The Balaban J connectivity index is 0.000000797. The number of nitrogens with one attached hydrogen (secondary N) is 2. The van der Waals surface area contributed by atoms with E-state index in [1.165, 1.54) is 0 Å². The third-order valence-electron chi connectivity index (χ3n) is 4.10. The average Bonchev–Trinajstić information content (AvgIpc) is 2.84. The molecule has 0 amide bonds. The SMILES string of the molecule is Cc1ccc(Nc2cccc(-c3cccc(Nc4ccc(C)cn4)n3)n2)nc1.N#C[Se-].N#C[Se-].[Fe+2]. The van der Waals surface area contributed by atoms with Gasteiger partial charge in [-0.1, -0.05) is 24.3 Å². The summed E-state index contributed by atoms with van der Waals surface area (Å²) in [4.78, 5) is 21.3. The largest absolute Gasteiger partial charge is 2.00 e. The van der Waals surface area contributed by atoms with Gasteiger partial charge in [0.25, 0.3) is 0 Å². The number of nitriles is 2. The van der Waals surface area contributed by atoms with Gasteiger partial charge in [0.05, 0.1) is 11.4 Å². The normalized spacial score (nSPS) is 8.80. The smallest absolute Gasteiger partial charge is 2.00 e. The van der Waals surface area contributed by atoms with Crippen molar-refractivity contribution < 1.29 is 17.1 Å². The summed E-state index contributed by atoms with van der Waals surface area (Å²) >= 11 is 4.22. The molecule has 0 saturated heterocycles. The summed E-state index contributed by atoms with van der Waals surface area (Å²) in [5.74, 6) is 2.94. The molecule has 0 atom stereocenters. The molecule has 2 N–H and O–H groups in total. The molecule has 8 nitrogen and oxygen atoms in total. The van der Waals surface area contributed by atoms with Gasteiger partial charge in [-0.15, -0.1) is 0 Å². The zero-order valence-corrected chi connectivity index (χ0v) is 23.3. The predicted octanol–water partition coefficient (Wildman–Crippen LogP) is 4.31. The van der Waals surface area contributed by atoms with Crippen molar-refractivity contribution in [1.29, 1.82) is 10.5 Å². The van der Waals surface area contributed by atoms with E-state index in [-0.39, 0.29) is 17.1 Å². The van der Waals surface area contributed by atoms with Crippen molar-refractivity contribution in [3.63, 3.8) is 0 Å². The average molecular weight is 634 g/mol. The summed E-state index contributed by atoms with van der Waals surface area (Å²) in [6.45, 7) is 4.02. The van der Waals surface area contributed by atoms with Gasteiger partial charge in [0.1, 0.15) is 23.3 Å². The zero-order chi connectivity index (χ0) is 24.8. The summed E-state index contributed by atoms with van der Waals surface area (Å²) in [7, 11) is 0. The van der Waals surface area contributed by atoms with E-state index in [2.05, 4.69) is 62.6 Å². The van der Waals surface area contributed by atoms with Crippen molar-refractivity contribution >= 4 is 55.3 Å². The van der Waals surface area contributed by atoms with Crippen LogP contribution in [-0.4, -0.2) is 52.0 Å². The van der Waals surface area contributed by atoms with Crippen molar-refractivity contribution in [2.45, 2.75) is 13.8 Å². The van der Waals surface area contributed by atoms with Crippen LogP contribution >= 0.6 is 0 Å². The molecule has 0 fully saturated rings. The second-order valence-corrected chi connectivity index (χ2v) is 7.46. The Morgan fingerprint density at radius 2 is 1.00 bits per heavy atom. The number of rotatable bonds is 5. The Morgan fingerprint density at radius 3 is 1.31 bits per heavy atom. The fourth-order valence-corrected chi connectivity index (χ4v) is 2.64. The van der Waals surface area contributed by atoms with Gasteiger partial charge in [-0.25, -0.2) is 19.9 Å². The van der Waals surface area contributed by atoms with Gasteiger partial charge < -0.3 is 10.6 Å². The summed E-state index contributed by atoms with van der Waals surface area (Å²) < 4.78 is 0. The van der Waals surface area contributed by atoms with Gasteiger partial charge in [0.15, 0.2) is 0 Å².